The second-order valence-electron chi connectivity index (χ2n) is 5.14. The average molecular weight is 249 g/mol. The van der Waals surface area contributed by atoms with Gasteiger partial charge in [0.2, 0.25) is 5.91 Å². The largest absolute Gasteiger partial charge is 0.350 e. The van der Waals surface area contributed by atoms with E-state index in [2.05, 4.69) is 22.5 Å². The Morgan fingerprint density at radius 2 is 2.17 bits per heavy atom. The first-order chi connectivity index (χ1) is 8.44. The Kier molecular flexibility index (Phi) is 5.28. The molecule has 1 aromatic rings. The molecule has 18 heavy (non-hydrogen) atoms. The van der Waals surface area contributed by atoms with Crippen molar-refractivity contribution in [2.45, 2.75) is 45.7 Å². The third-order valence-corrected chi connectivity index (χ3v) is 3.06. The molecule has 0 unspecified atom stereocenters. The highest BCUT2D eigenvalue weighted by Crippen LogP contribution is 2.08. The first kappa shape index (κ1) is 14.6. The highest BCUT2D eigenvalue weighted by Gasteiger charge is 2.18. The molecule has 0 saturated heterocycles. The summed E-state index contributed by atoms with van der Waals surface area (Å²) in [7, 11) is 0. The second kappa shape index (κ2) is 6.50. The SMILES string of the molecule is CCC(C)(C)NC(=O)CN[C@H](C)c1ccccn1. The Bertz CT molecular complexity index is 376. The maximum atomic E-state index is 11.8. The minimum Gasteiger partial charge on any atom is -0.350 e. The molecular weight excluding hydrogens is 226 g/mol. The Hall–Kier alpha value is -1.42. The van der Waals surface area contributed by atoms with Crippen LogP contribution in [0.3, 0.4) is 0 Å². The first-order valence-corrected chi connectivity index (χ1v) is 6.40. The molecule has 2 N–H and O–H groups in total. The van der Waals surface area contributed by atoms with Crippen LogP contribution >= 0.6 is 0 Å². The van der Waals surface area contributed by atoms with Crippen molar-refractivity contribution in [1.82, 2.24) is 15.6 Å². The molecule has 0 aliphatic heterocycles. The fraction of sp³-hybridized carbons (Fsp3) is 0.571. The van der Waals surface area contributed by atoms with Gasteiger partial charge in [0.15, 0.2) is 0 Å². The highest BCUT2D eigenvalue weighted by atomic mass is 16.2. The summed E-state index contributed by atoms with van der Waals surface area (Å²) in [6.07, 6.45) is 2.67. The maximum Gasteiger partial charge on any atom is 0.234 e. The zero-order valence-electron chi connectivity index (χ0n) is 11.7. The van der Waals surface area contributed by atoms with Crippen LogP contribution in [0.1, 0.15) is 45.9 Å². The summed E-state index contributed by atoms with van der Waals surface area (Å²) in [6, 6.07) is 5.85. The standard InChI is InChI=1S/C14H23N3O/c1-5-14(3,4)17-13(18)10-16-11(2)12-8-6-7-9-15-12/h6-9,11,16H,5,10H2,1-4H3,(H,17,18)/t11-/m1/s1. The van der Waals surface area contributed by atoms with Gasteiger partial charge in [-0.1, -0.05) is 13.0 Å². The van der Waals surface area contributed by atoms with Crippen molar-refractivity contribution >= 4 is 5.91 Å². The molecule has 0 bridgehead atoms. The van der Waals surface area contributed by atoms with E-state index in [4.69, 9.17) is 0 Å². The Balaban J connectivity index is 2.39. The van der Waals surface area contributed by atoms with Crippen molar-refractivity contribution in [2.75, 3.05) is 6.54 Å². The van der Waals surface area contributed by atoms with Crippen molar-refractivity contribution in [3.8, 4) is 0 Å². The number of hydrogen-bond donors (Lipinski definition) is 2. The van der Waals surface area contributed by atoms with Crippen LogP contribution in [0.15, 0.2) is 24.4 Å². The topological polar surface area (TPSA) is 54.0 Å². The minimum atomic E-state index is -0.146. The van der Waals surface area contributed by atoms with Crippen LogP contribution in [-0.4, -0.2) is 23.0 Å². The van der Waals surface area contributed by atoms with Gasteiger partial charge in [-0.3, -0.25) is 9.78 Å². The lowest BCUT2D eigenvalue weighted by Crippen LogP contribution is -2.46. The monoisotopic (exact) mass is 249 g/mol. The predicted octanol–water partition coefficient (Wildman–Crippen LogP) is 2.04. The van der Waals surface area contributed by atoms with E-state index in [0.29, 0.717) is 6.54 Å². The number of amides is 1. The molecule has 1 aromatic heterocycles. The van der Waals surface area contributed by atoms with E-state index in [0.717, 1.165) is 12.1 Å². The van der Waals surface area contributed by atoms with Crippen LogP contribution in [0.25, 0.3) is 0 Å². The molecule has 0 aliphatic rings. The molecule has 1 heterocycles. The molecule has 0 spiro atoms. The summed E-state index contributed by atoms with van der Waals surface area (Å²) in [4.78, 5) is 16.0. The van der Waals surface area contributed by atoms with Crippen LogP contribution < -0.4 is 10.6 Å². The molecule has 4 nitrogen and oxygen atoms in total. The zero-order valence-corrected chi connectivity index (χ0v) is 11.7. The van der Waals surface area contributed by atoms with E-state index in [9.17, 15) is 4.79 Å². The number of aromatic nitrogens is 1. The summed E-state index contributed by atoms with van der Waals surface area (Å²) >= 11 is 0. The smallest absolute Gasteiger partial charge is 0.234 e. The molecule has 0 aromatic carbocycles. The van der Waals surface area contributed by atoms with E-state index in [1.807, 2.05) is 39.0 Å². The van der Waals surface area contributed by atoms with E-state index in [1.54, 1.807) is 6.20 Å². The number of rotatable bonds is 6. The van der Waals surface area contributed by atoms with Gasteiger partial charge in [0.05, 0.1) is 12.2 Å². The maximum absolute atomic E-state index is 11.8. The van der Waals surface area contributed by atoms with Gasteiger partial charge in [-0.25, -0.2) is 0 Å². The van der Waals surface area contributed by atoms with E-state index in [-0.39, 0.29) is 17.5 Å². The van der Waals surface area contributed by atoms with Gasteiger partial charge in [0.25, 0.3) is 0 Å². The molecule has 0 radical (unpaired) electrons. The second-order valence-corrected chi connectivity index (χ2v) is 5.14. The molecule has 1 amide bonds. The van der Waals surface area contributed by atoms with Crippen molar-refractivity contribution in [3.63, 3.8) is 0 Å². The summed E-state index contributed by atoms with van der Waals surface area (Å²) < 4.78 is 0. The van der Waals surface area contributed by atoms with Crippen molar-refractivity contribution < 1.29 is 4.79 Å². The van der Waals surface area contributed by atoms with Gasteiger partial charge in [-0.15, -0.1) is 0 Å². The van der Waals surface area contributed by atoms with Crippen molar-refractivity contribution in [3.05, 3.63) is 30.1 Å². The number of nitrogens with one attached hydrogen (secondary N) is 2. The summed E-state index contributed by atoms with van der Waals surface area (Å²) in [6.45, 7) is 8.41. The average Bonchev–Trinajstić information content (AvgIpc) is 2.36. The summed E-state index contributed by atoms with van der Waals surface area (Å²) in [5, 5.41) is 6.16. The summed E-state index contributed by atoms with van der Waals surface area (Å²) in [5.41, 5.74) is 0.799. The van der Waals surface area contributed by atoms with Crippen molar-refractivity contribution in [2.24, 2.45) is 0 Å². The number of carbonyl (C=O) groups is 1. The van der Waals surface area contributed by atoms with Crippen LogP contribution in [0.5, 0.6) is 0 Å². The number of hydrogen-bond acceptors (Lipinski definition) is 3. The van der Waals surface area contributed by atoms with Crippen LogP contribution in [0.4, 0.5) is 0 Å². The van der Waals surface area contributed by atoms with Crippen LogP contribution in [0, 0.1) is 0 Å². The molecule has 0 fully saturated rings. The lowest BCUT2D eigenvalue weighted by molar-refractivity contribution is -0.122. The first-order valence-electron chi connectivity index (χ1n) is 6.40. The normalized spacial score (nSPS) is 13.1. The van der Waals surface area contributed by atoms with E-state index < -0.39 is 0 Å². The number of carbonyl (C=O) groups excluding carboxylic acids is 1. The summed E-state index contributed by atoms with van der Waals surface area (Å²) in [5.74, 6) is 0.0182. The Labute approximate surface area is 109 Å². The van der Waals surface area contributed by atoms with Gasteiger partial charge in [-0.05, 0) is 39.3 Å². The Morgan fingerprint density at radius 3 is 2.72 bits per heavy atom. The molecule has 0 saturated carbocycles. The van der Waals surface area contributed by atoms with E-state index in [1.165, 1.54) is 0 Å². The predicted molar refractivity (Wildman–Crippen MR) is 73.2 cm³/mol. The molecular formula is C14H23N3O. The molecule has 0 aliphatic carbocycles. The molecule has 1 rings (SSSR count). The third-order valence-electron chi connectivity index (χ3n) is 3.06. The molecule has 100 valence electrons. The fourth-order valence-electron chi connectivity index (χ4n) is 1.49. The van der Waals surface area contributed by atoms with Gasteiger partial charge in [0, 0.05) is 17.8 Å². The van der Waals surface area contributed by atoms with E-state index >= 15 is 0 Å². The highest BCUT2D eigenvalue weighted by molar-refractivity contribution is 5.78. The third kappa shape index (κ3) is 4.84. The lowest BCUT2D eigenvalue weighted by Gasteiger charge is -2.25. The number of pyridine rings is 1. The zero-order chi connectivity index (χ0) is 13.6. The molecule has 1 atom stereocenters. The molecule has 4 heteroatoms. The van der Waals surface area contributed by atoms with Gasteiger partial charge >= 0.3 is 0 Å². The fourth-order valence-corrected chi connectivity index (χ4v) is 1.49. The Morgan fingerprint density at radius 1 is 1.44 bits per heavy atom. The minimum absolute atomic E-state index is 0.0182. The lowest BCUT2D eigenvalue weighted by atomic mass is 10.0. The van der Waals surface area contributed by atoms with Crippen LogP contribution in [0.2, 0.25) is 0 Å². The van der Waals surface area contributed by atoms with Crippen LogP contribution in [-0.2, 0) is 4.79 Å². The van der Waals surface area contributed by atoms with Gasteiger partial charge in [0.1, 0.15) is 0 Å². The van der Waals surface area contributed by atoms with Crippen molar-refractivity contribution in [1.29, 1.82) is 0 Å². The van der Waals surface area contributed by atoms with Gasteiger partial charge in [-0.2, -0.15) is 0 Å². The quantitative estimate of drug-likeness (QED) is 0.811. The van der Waals surface area contributed by atoms with Gasteiger partial charge < -0.3 is 10.6 Å². The number of nitrogens with zero attached hydrogens (tertiary/aromatic N) is 1.